The molecular weight excluding hydrogens is 242 g/mol. The molecule has 0 spiro atoms. The van der Waals surface area contributed by atoms with Crippen LogP contribution in [0.3, 0.4) is 0 Å². The Bertz CT molecular complexity index is 599. The third-order valence-electron chi connectivity index (χ3n) is 3.02. The largest absolute Gasteiger partial charge is 0.491 e. The summed E-state index contributed by atoms with van der Waals surface area (Å²) in [5, 5.41) is 9.87. The van der Waals surface area contributed by atoms with Crippen LogP contribution in [0.5, 0.6) is 5.75 Å². The zero-order chi connectivity index (χ0) is 14.0. The average molecular weight is 261 g/mol. The predicted molar refractivity (Wildman–Crippen MR) is 74.6 cm³/mol. The summed E-state index contributed by atoms with van der Waals surface area (Å²) in [7, 11) is 1.97. The maximum atomic E-state index is 10.7. The van der Waals surface area contributed by atoms with Gasteiger partial charge in [0.2, 0.25) is 0 Å². The molecule has 0 saturated carbocycles. The van der Waals surface area contributed by atoms with Crippen molar-refractivity contribution in [3.63, 3.8) is 0 Å². The Balaban J connectivity index is 2.37. The zero-order valence-corrected chi connectivity index (χ0v) is 11.5. The normalized spacial score (nSPS) is 11.2. The van der Waals surface area contributed by atoms with Gasteiger partial charge in [-0.2, -0.15) is 0 Å². The molecule has 0 saturated heterocycles. The van der Waals surface area contributed by atoms with Crippen LogP contribution in [0.15, 0.2) is 24.4 Å². The first-order chi connectivity index (χ1) is 8.97. The summed E-state index contributed by atoms with van der Waals surface area (Å²) in [4.78, 5) is 10.7. The maximum absolute atomic E-state index is 10.7. The maximum Gasteiger partial charge on any atom is 0.303 e. The smallest absolute Gasteiger partial charge is 0.303 e. The lowest BCUT2D eigenvalue weighted by molar-refractivity contribution is -0.136. The Kier molecular flexibility index (Phi) is 3.79. The first kappa shape index (κ1) is 13.5. The SMILES string of the molecule is CC(C)Oc1ccc2c(c1)c(CCC(=O)O)cn2C. The number of hydrogen-bond donors (Lipinski definition) is 1. The van der Waals surface area contributed by atoms with Gasteiger partial charge in [-0.05, 0) is 44.0 Å². The predicted octanol–water partition coefficient (Wildman–Crippen LogP) is 2.98. The summed E-state index contributed by atoms with van der Waals surface area (Å²) in [6, 6.07) is 5.95. The number of aliphatic carboxylic acids is 1. The molecule has 0 aliphatic carbocycles. The van der Waals surface area contributed by atoms with Crippen molar-refractivity contribution >= 4 is 16.9 Å². The van der Waals surface area contributed by atoms with Gasteiger partial charge in [0.1, 0.15) is 5.75 Å². The number of hydrogen-bond acceptors (Lipinski definition) is 2. The second-order valence-electron chi connectivity index (χ2n) is 5.00. The minimum Gasteiger partial charge on any atom is -0.491 e. The summed E-state index contributed by atoms with van der Waals surface area (Å²) in [5.74, 6) is 0.0527. The lowest BCUT2D eigenvalue weighted by Crippen LogP contribution is -2.05. The first-order valence-electron chi connectivity index (χ1n) is 6.44. The van der Waals surface area contributed by atoms with Crippen molar-refractivity contribution in [1.82, 2.24) is 4.57 Å². The molecule has 0 aliphatic rings. The standard InChI is InChI=1S/C15H19NO3/c1-10(2)19-12-5-6-14-13(8-12)11(9-16(14)3)4-7-15(17)18/h5-6,8-10H,4,7H2,1-3H3,(H,17,18). The fourth-order valence-corrected chi connectivity index (χ4v) is 2.24. The van der Waals surface area contributed by atoms with E-state index in [2.05, 4.69) is 0 Å². The molecule has 102 valence electrons. The van der Waals surface area contributed by atoms with Crippen molar-refractivity contribution in [3.05, 3.63) is 30.0 Å². The monoisotopic (exact) mass is 261 g/mol. The van der Waals surface area contributed by atoms with Crippen LogP contribution in [0.2, 0.25) is 0 Å². The highest BCUT2D eigenvalue weighted by atomic mass is 16.5. The summed E-state index contributed by atoms with van der Waals surface area (Å²) < 4.78 is 7.71. The molecule has 1 heterocycles. The highest BCUT2D eigenvalue weighted by molar-refractivity contribution is 5.85. The Hall–Kier alpha value is -1.97. The Labute approximate surface area is 112 Å². The van der Waals surface area contributed by atoms with Crippen LogP contribution < -0.4 is 4.74 Å². The van der Waals surface area contributed by atoms with Crippen molar-refractivity contribution in [2.75, 3.05) is 0 Å². The molecule has 4 heteroatoms. The molecule has 1 aromatic carbocycles. The number of nitrogens with zero attached hydrogens (tertiary/aromatic N) is 1. The van der Waals surface area contributed by atoms with E-state index < -0.39 is 5.97 Å². The van der Waals surface area contributed by atoms with Crippen LogP contribution in [0.4, 0.5) is 0 Å². The molecule has 4 nitrogen and oxygen atoms in total. The molecule has 0 atom stereocenters. The van der Waals surface area contributed by atoms with E-state index in [1.54, 1.807) is 0 Å². The highest BCUT2D eigenvalue weighted by Crippen LogP contribution is 2.26. The van der Waals surface area contributed by atoms with E-state index in [-0.39, 0.29) is 12.5 Å². The van der Waals surface area contributed by atoms with Crippen LogP contribution in [0.25, 0.3) is 10.9 Å². The molecule has 2 rings (SSSR count). The Morgan fingerprint density at radius 3 is 2.79 bits per heavy atom. The molecule has 0 amide bonds. The molecular formula is C15H19NO3. The van der Waals surface area contributed by atoms with Gasteiger partial charge in [-0.3, -0.25) is 4.79 Å². The molecule has 1 aromatic heterocycles. The van der Waals surface area contributed by atoms with Gasteiger partial charge < -0.3 is 14.4 Å². The van der Waals surface area contributed by atoms with Crippen LogP contribution in [-0.2, 0) is 18.3 Å². The number of carboxylic acid groups (broad SMARTS) is 1. The van der Waals surface area contributed by atoms with Gasteiger partial charge in [0, 0.05) is 30.6 Å². The topological polar surface area (TPSA) is 51.5 Å². The van der Waals surface area contributed by atoms with Gasteiger partial charge in [-0.1, -0.05) is 0 Å². The highest BCUT2D eigenvalue weighted by Gasteiger charge is 2.10. The van der Waals surface area contributed by atoms with Gasteiger partial charge in [-0.25, -0.2) is 0 Å². The second kappa shape index (κ2) is 5.34. The average Bonchev–Trinajstić information content (AvgIpc) is 2.62. The molecule has 0 bridgehead atoms. The molecule has 19 heavy (non-hydrogen) atoms. The quantitative estimate of drug-likeness (QED) is 0.900. The molecule has 2 aromatic rings. The van der Waals surface area contributed by atoms with E-state index >= 15 is 0 Å². The fourth-order valence-electron chi connectivity index (χ4n) is 2.24. The number of benzene rings is 1. The number of carboxylic acids is 1. The van der Waals surface area contributed by atoms with Crippen molar-refractivity contribution in [2.45, 2.75) is 32.8 Å². The zero-order valence-electron chi connectivity index (χ0n) is 11.5. The van der Waals surface area contributed by atoms with E-state index in [0.29, 0.717) is 6.42 Å². The fraction of sp³-hybridized carbons (Fsp3) is 0.400. The van der Waals surface area contributed by atoms with E-state index in [9.17, 15) is 4.79 Å². The third kappa shape index (κ3) is 3.08. The number of aromatic nitrogens is 1. The number of aryl methyl sites for hydroxylation is 2. The molecule has 0 unspecified atom stereocenters. The van der Waals surface area contributed by atoms with Crippen molar-refractivity contribution in [3.8, 4) is 5.75 Å². The second-order valence-corrected chi connectivity index (χ2v) is 5.00. The molecule has 0 fully saturated rings. The number of ether oxygens (including phenoxy) is 1. The van der Waals surface area contributed by atoms with E-state index in [4.69, 9.17) is 9.84 Å². The van der Waals surface area contributed by atoms with Gasteiger partial charge >= 0.3 is 5.97 Å². The number of carbonyl (C=O) groups is 1. The molecule has 0 aliphatic heterocycles. The van der Waals surface area contributed by atoms with Crippen molar-refractivity contribution < 1.29 is 14.6 Å². The van der Waals surface area contributed by atoms with Crippen LogP contribution >= 0.6 is 0 Å². The minimum atomic E-state index is -0.772. The number of rotatable bonds is 5. The van der Waals surface area contributed by atoms with E-state index in [1.165, 1.54) is 0 Å². The summed E-state index contributed by atoms with van der Waals surface area (Å²) >= 11 is 0. The number of fused-ring (bicyclic) bond motifs is 1. The van der Waals surface area contributed by atoms with Crippen molar-refractivity contribution in [1.29, 1.82) is 0 Å². The van der Waals surface area contributed by atoms with Gasteiger partial charge in [-0.15, -0.1) is 0 Å². The van der Waals surface area contributed by atoms with Gasteiger partial charge in [0.15, 0.2) is 0 Å². The lowest BCUT2D eigenvalue weighted by atomic mass is 10.1. The first-order valence-corrected chi connectivity index (χ1v) is 6.44. The third-order valence-corrected chi connectivity index (χ3v) is 3.02. The van der Waals surface area contributed by atoms with E-state index in [1.807, 2.05) is 49.9 Å². The summed E-state index contributed by atoms with van der Waals surface area (Å²) in [6.45, 7) is 3.97. The Morgan fingerprint density at radius 2 is 2.16 bits per heavy atom. The van der Waals surface area contributed by atoms with Gasteiger partial charge in [0.25, 0.3) is 0 Å². The lowest BCUT2D eigenvalue weighted by Gasteiger charge is -2.10. The van der Waals surface area contributed by atoms with Gasteiger partial charge in [0.05, 0.1) is 6.10 Å². The van der Waals surface area contributed by atoms with Crippen molar-refractivity contribution in [2.24, 2.45) is 7.05 Å². The van der Waals surface area contributed by atoms with Crippen LogP contribution in [-0.4, -0.2) is 21.7 Å². The van der Waals surface area contributed by atoms with Crippen LogP contribution in [0, 0.1) is 0 Å². The molecule has 0 radical (unpaired) electrons. The Morgan fingerprint density at radius 1 is 1.42 bits per heavy atom. The minimum absolute atomic E-state index is 0.128. The van der Waals surface area contributed by atoms with E-state index in [0.717, 1.165) is 22.2 Å². The summed E-state index contributed by atoms with van der Waals surface area (Å²) in [6.07, 6.45) is 2.81. The summed E-state index contributed by atoms with van der Waals surface area (Å²) in [5.41, 5.74) is 2.14. The molecule has 1 N–H and O–H groups in total. The van der Waals surface area contributed by atoms with Crippen LogP contribution in [0.1, 0.15) is 25.8 Å².